The number of rotatable bonds is 4. The van der Waals surface area contributed by atoms with E-state index < -0.39 is 0 Å². The van der Waals surface area contributed by atoms with Gasteiger partial charge in [0.1, 0.15) is 11.5 Å². The molecule has 2 aromatic rings. The van der Waals surface area contributed by atoms with E-state index >= 15 is 0 Å². The molecule has 0 radical (unpaired) electrons. The Labute approximate surface area is 134 Å². The fraction of sp³-hybridized carbons (Fsp3) is 0.471. The van der Waals surface area contributed by atoms with Gasteiger partial charge in [-0.3, -0.25) is 9.69 Å². The molecule has 1 fully saturated rings. The largest absolute Gasteiger partial charge is 0.395 e. The lowest BCUT2D eigenvalue weighted by Crippen LogP contribution is -2.44. The van der Waals surface area contributed by atoms with Gasteiger partial charge in [-0.25, -0.2) is 4.39 Å². The minimum Gasteiger partial charge on any atom is -0.395 e. The number of aliphatic hydroxyl groups excluding tert-OH is 1. The molecule has 3 rings (SSSR count). The molecule has 124 valence electrons. The SMILES string of the molecule is C[C@@H]1[C@H](N(C)CCO)CCN1C(=O)c1cc2cc(F)ccc2[nH]1. The number of nitrogens with zero attached hydrogens (tertiary/aromatic N) is 2. The van der Waals surface area contributed by atoms with Crippen molar-refractivity contribution in [2.24, 2.45) is 0 Å². The van der Waals surface area contributed by atoms with Gasteiger partial charge >= 0.3 is 0 Å². The molecule has 1 aromatic carbocycles. The van der Waals surface area contributed by atoms with E-state index in [-0.39, 0.29) is 30.4 Å². The summed E-state index contributed by atoms with van der Waals surface area (Å²) in [7, 11) is 1.97. The van der Waals surface area contributed by atoms with Crippen molar-refractivity contribution in [1.82, 2.24) is 14.8 Å². The Kier molecular flexibility index (Phi) is 4.37. The van der Waals surface area contributed by atoms with Crippen LogP contribution in [0.15, 0.2) is 24.3 Å². The summed E-state index contributed by atoms with van der Waals surface area (Å²) in [6.45, 7) is 3.43. The summed E-state index contributed by atoms with van der Waals surface area (Å²) >= 11 is 0. The highest BCUT2D eigenvalue weighted by Crippen LogP contribution is 2.25. The monoisotopic (exact) mass is 319 g/mol. The third-order valence-corrected chi connectivity index (χ3v) is 4.81. The fourth-order valence-corrected chi connectivity index (χ4v) is 3.50. The second-order valence-corrected chi connectivity index (χ2v) is 6.21. The van der Waals surface area contributed by atoms with Crippen LogP contribution in [0.4, 0.5) is 4.39 Å². The first-order chi connectivity index (χ1) is 11.0. The highest BCUT2D eigenvalue weighted by molar-refractivity contribution is 5.98. The van der Waals surface area contributed by atoms with Crippen LogP contribution in [0.25, 0.3) is 10.9 Å². The maximum atomic E-state index is 13.3. The highest BCUT2D eigenvalue weighted by Gasteiger charge is 2.36. The van der Waals surface area contributed by atoms with Crippen LogP contribution in [-0.2, 0) is 0 Å². The number of carbonyl (C=O) groups excluding carboxylic acids is 1. The van der Waals surface area contributed by atoms with E-state index in [1.54, 1.807) is 12.1 Å². The van der Waals surface area contributed by atoms with E-state index in [1.807, 2.05) is 18.9 Å². The Hall–Kier alpha value is -1.92. The molecule has 0 spiro atoms. The lowest BCUT2D eigenvalue weighted by Gasteiger charge is -2.30. The number of aliphatic hydroxyl groups is 1. The summed E-state index contributed by atoms with van der Waals surface area (Å²) in [6, 6.07) is 6.47. The molecule has 5 nitrogen and oxygen atoms in total. The lowest BCUT2D eigenvalue weighted by atomic mass is 10.1. The zero-order valence-corrected chi connectivity index (χ0v) is 13.4. The number of fused-ring (bicyclic) bond motifs is 1. The van der Waals surface area contributed by atoms with Gasteiger partial charge in [0.15, 0.2) is 0 Å². The Morgan fingerprint density at radius 2 is 2.26 bits per heavy atom. The van der Waals surface area contributed by atoms with Crippen molar-refractivity contribution < 1.29 is 14.3 Å². The molecule has 1 saturated heterocycles. The number of hydrogen-bond acceptors (Lipinski definition) is 3. The second kappa shape index (κ2) is 6.29. The van der Waals surface area contributed by atoms with E-state index in [0.717, 1.165) is 11.9 Å². The smallest absolute Gasteiger partial charge is 0.270 e. The van der Waals surface area contributed by atoms with Crippen molar-refractivity contribution in [3.05, 3.63) is 35.8 Å². The van der Waals surface area contributed by atoms with Crippen LogP contribution in [-0.4, -0.2) is 64.6 Å². The number of halogens is 1. The van der Waals surface area contributed by atoms with Crippen molar-refractivity contribution in [3.8, 4) is 0 Å². The average molecular weight is 319 g/mol. The lowest BCUT2D eigenvalue weighted by molar-refractivity contribution is 0.0701. The number of H-pyrrole nitrogens is 1. The maximum Gasteiger partial charge on any atom is 0.270 e. The minimum atomic E-state index is -0.310. The fourth-order valence-electron chi connectivity index (χ4n) is 3.50. The van der Waals surface area contributed by atoms with E-state index in [2.05, 4.69) is 9.88 Å². The van der Waals surface area contributed by atoms with Crippen LogP contribution in [0.2, 0.25) is 0 Å². The number of carbonyl (C=O) groups is 1. The van der Waals surface area contributed by atoms with Gasteiger partial charge < -0.3 is 15.0 Å². The Bertz CT molecular complexity index is 715. The summed E-state index contributed by atoms with van der Waals surface area (Å²) < 4.78 is 13.3. The predicted molar refractivity (Wildman–Crippen MR) is 86.9 cm³/mol. The standard InChI is InChI=1S/C17H22FN3O2/c1-11-16(20(2)7-8-22)5-6-21(11)17(23)15-10-12-9-13(18)3-4-14(12)19-15/h3-4,9-11,16,19,22H,5-8H2,1-2H3/t11-,16-/m1/s1. The molecule has 6 heteroatoms. The highest BCUT2D eigenvalue weighted by atomic mass is 19.1. The van der Waals surface area contributed by atoms with Crippen molar-refractivity contribution in [3.63, 3.8) is 0 Å². The summed E-state index contributed by atoms with van der Waals surface area (Å²) in [5, 5.41) is 9.78. The number of amides is 1. The topological polar surface area (TPSA) is 59.6 Å². The molecule has 0 bridgehead atoms. The average Bonchev–Trinajstić information content (AvgIpc) is 3.10. The first-order valence-electron chi connectivity index (χ1n) is 7.91. The van der Waals surface area contributed by atoms with Gasteiger partial charge in [-0.1, -0.05) is 0 Å². The van der Waals surface area contributed by atoms with Crippen LogP contribution in [0, 0.1) is 5.82 Å². The summed E-state index contributed by atoms with van der Waals surface area (Å²) in [4.78, 5) is 19.8. The first kappa shape index (κ1) is 16.0. The molecule has 1 aliphatic rings. The number of hydrogen-bond donors (Lipinski definition) is 2. The molecule has 2 heterocycles. The second-order valence-electron chi connectivity index (χ2n) is 6.21. The van der Waals surface area contributed by atoms with E-state index in [4.69, 9.17) is 5.11 Å². The van der Waals surface area contributed by atoms with Crippen LogP contribution in [0.5, 0.6) is 0 Å². The molecule has 23 heavy (non-hydrogen) atoms. The molecule has 0 unspecified atom stereocenters. The van der Waals surface area contributed by atoms with Crippen LogP contribution < -0.4 is 0 Å². The van der Waals surface area contributed by atoms with Crippen molar-refractivity contribution in [2.45, 2.75) is 25.4 Å². The van der Waals surface area contributed by atoms with E-state index in [1.165, 1.54) is 12.1 Å². The molecular weight excluding hydrogens is 297 g/mol. The first-order valence-corrected chi connectivity index (χ1v) is 7.91. The Morgan fingerprint density at radius 1 is 1.48 bits per heavy atom. The number of aromatic nitrogens is 1. The van der Waals surface area contributed by atoms with Gasteiger partial charge in [0.25, 0.3) is 5.91 Å². The quantitative estimate of drug-likeness (QED) is 0.904. The molecule has 1 aromatic heterocycles. The van der Waals surface area contributed by atoms with Gasteiger partial charge in [-0.05, 0) is 44.7 Å². The summed E-state index contributed by atoms with van der Waals surface area (Å²) in [5.74, 6) is -0.371. The molecule has 2 N–H and O–H groups in total. The zero-order chi connectivity index (χ0) is 16.6. The Morgan fingerprint density at radius 3 is 3.00 bits per heavy atom. The van der Waals surface area contributed by atoms with E-state index in [0.29, 0.717) is 24.2 Å². The van der Waals surface area contributed by atoms with Crippen LogP contribution in [0.1, 0.15) is 23.8 Å². The van der Waals surface area contributed by atoms with Crippen LogP contribution >= 0.6 is 0 Å². The molecule has 1 aliphatic heterocycles. The van der Waals surface area contributed by atoms with Gasteiger partial charge in [0, 0.05) is 36.1 Å². The van der Waals surface area contributed by atoms with Gasteiger partial charge in [0.2, 0.25) is 0 Å². The molecule has 1 amide bonds. The van der Waals surface area contributed by atoms with Crippen molar-refractivity contribution >= 4 is 16.8 Å². The van der Waals surface area contributed by atoms with Crippen LogP contribution in [0.3, 0.4) is 0 Å². The van der Waals surface area contributed by atoms with E-state index in [9.17, 15) is 9.18 Å². The minimum absolute atomic E-state index is 0.0611. The number of aromatic amines is 1. The molecular formula is C17H22FN3O2. The third kappa shape index (κ3) is 2.96. The van der Waals surface area contributed by atoms with Crippen molar-refractivity contribution in [2.75, 3.05) is 26.7 Å². The van der Waals surface area contributed by atoms with Gasteiger partial charge in [0.05, 0.1) is 6.61 Å². The van der Waals surface area contributed by atoms with Gasteiger partial charge in [-0.15, -0.1) is 0 Å². The molecule has 0 aliphatic carbocycles. The maximum absolute atomic E-state index is 13.3. The predicted octanol–water partition coefficient (Wildman–Crippen LogP) is 1.83. The Balaban J connectivity index is 1.79. The normalized spacial score (nSPS) is 21.5. The van der Waals surface area contributed by atoms with Crippen molar-refractivity contribution in [1.29, 1.82) is 0 Å². The third-order valence-electron chi connectivity index (χ3n) is 4.81. The summed E-state index contributed by atoms with van der Waals surface area (Å²) in [6.07, 6.45) is 0.887. The number of nitrogens with one attached hydrogen (secondary N) is 1. The summed E-state index contributed by atoms with van der Waals surface area (Å²) in [5.41, 5.74) is 1.25. The number of likely N-dealkylation sites (tertiary alicyclic amines) is 1. The zero-order valence-electron chi connectivity index (χ0n) is 13.4. The molecule has 2 atom stereocenters. The van der Waals surface area contributed by atoms with Gasteiger partial charge in [-0.2, -0.15) is 0 Å². The molecule has 0 saturated carbocycles. The number of likely N-dealkylation sites (N-methyl/N-ethyl adjacent to an activating group) is 1. The number of benzene rings is 1.